The smallest absolute Gasteiger partial charge is 0.225 e. The van der Waals surface area contributed by atoms with Gasteiger partial charge in [-0.3, -0.25) is 0 Å². The first-order valence-corrected chi connectivity index (χ1v) is 10.6. The van der Waals surface area contributed by atoms with Crippen LogP contribution in [0.25, 0.3) is 16.7 Å². The highest BCUT2D eigenvalue weighted by atomic mass is 15.3. The summed E-state index contributed by atoms with van der Waals surface area (Å²) in [4.78, 5) is 13.3. The SMILES string of the molecule is C1=CC=C(c2cc(-c3ccccc3)c(N3CCN(c4ncccn4)CC3)nn2)CC=C1. The van der Waals surface area contributed by atoms with Gasteiger partial charge in [-0.05, 0) is 29.7 Å². The van der Waals surface area contributed by atoms with E-state index in [4.69, 9.17) is 5.10 Å². The molecule has 1 aliphatic heterocycles. The fraction of sp³-hybridized carbons (Fsp3) is 0.200. The molecule has 0 saturated carbocycles. The summed E-state index contributed by atoms with van der Waals surface area (Å²) < 4.78 is 0. The van der Waals surface area contributed by atoms with Crippen LogP contribution in [0.5, 0.6) is 0 Å². The molecule has 3 aromatic rings. The van der Waals surface area contributed by atoms with E-state index in [2.05, 4.69) is 79.5 Å². The second-order valence-electron chi connectivity index (χ2n) is 7.56. The van der Waals surface area contributed by atoms with Crippen molar-refractivity contribution >= 4 is 17.3 Å². The van der Waals surface area contributed by atoms with Gasteiger partial charge in [-0.25, -0.2) is 9.97 Å². The fourth-order valence-corrected chi connectivity index (χ4v) is 3.95. The van der Waals surface area contributed by atoms with Crippen LogP contribution in [0.15, 0.2) is 85.2 Å². The first kappa shape index (κ1) is 19.2. The number of piperazine rings is 1. The van der Waals surface area contributed by atoms with E-state index in [-0.39, 0.29) is 0 Å². The van der Waals surface area contributed by atoms with E-state index in [0.717, 1.165) is 61.2 Å². The van der Waals surface area contributed by atoms with Gasteiger partial charge in [-0.15, -0.1) is 10.2 Å². The number of hydrogen-bond acceptors (Lipinski definition) is 6. The second kappa shape index (κ2) is 8.92. The average Bonchev–Trinajstić information content (AvgIpc) is 3.15. The maximum atomic E-state index is 4.72. The van der Waals surface area contributed by atoms with Crippen molar-refractivity contribution in [2.45, 2.75) is 6.42 Å². The third-order valence-electron chi connectivity index (χ3n) is 5.60. The summed E-state index contributed by atoms with van der Waals surface area (Å²) in [6, 6.07) is 14.5. The van der Waals surface area contributed by atoms with E-state index < -0.39 is 0 Å². The van der Waals surface area contributed by atoms with Crippen molar-refractivity contribution in [3.8, 4) is 11.1 Å². The highest BCUT2D eigenvalue weighted by Crippen LogP contribution is 2.32. The quantitative estimate of drug-likeness (QED) is 0.646. The van der Waals surface area contributed by atoms with Gasteiger partial charge in [0.1, 0.15) is 0 Å². The van der Waals surface area contributed by atoms with Crippen LogP contribution in [0, 0.1) is 0 Å². The molecule has 0 unspecified atom stereocenters. The molecule has 3 heterocycles. The third-order valence-corrected chi connectivity index (χ3v) is 5.60. The van der Waals surface area contributed by atoms with Gasteiger partial charge in [-0.1, -0.05) is 60.7 Å². The molecule has 6 heteroatoms. The van der Waals surface area contributed by atoms with Gasteiger partial charge in [0.25, 0.3) is 0 Å². The number of nitrogens with zero attached hydrogens (tertiary/aromatic N) is 6. The molecule has 0 radical (unpaired) electrons. The second-order valence-corrected chi connectivity index (χ2v) is 7.56. The molecule has 0 spiro atoms. The summed E-state index contributed by atoms with van der Waals surface area (Å²) in [6.45, 7) is 3.39. The Morgan fingerprint density at radius 2 is 1.52 bits per heavy atom. The van der Waals surface area contributed by atoms with Crippen molar-refractivity contribution in [3.63, 3.8) is 0 Å². The van der Waals surface area contributed by atoms with Gasteiger partial charge < -0.3 is 9.80 Å². The first-order chi connectivity index (χ1) is 15.4. The molecular formula is C25H24N6. The number of hydrogen-bond donors (Lipinski definition) is 0. The van der Waals surface area contributed by atoms with E-state index >= 15 is 0 Å². The normalized spacial score (nSPS) is 16.2. The summed E-state index contributed by atoms with van der Waals surface area (Å²) in [5.41, 5.74) is 4.37. The average molecular weight is 409 g/mol. The zero-order valence-electron chi connectivity index (χ0n) is 17.3. The molecule has 0 atom stereocenters. The molecule has 31 heavy (non-hydrogen) atoms. The largest absolute Gasteiger partial charge is 0.351 e. The van der Waals surface area contributed by atoms with Gasteiger partial charge in [0.15, 0.2) is 5.82 Å². The molecule has 5 rings (SSSR count). The molecule has 0 N–H and O–H groups in total. The van der Waals surface area contributed by atoms with Crippen LogP contribution in [-0.4, -0.2) is 46.3 Å². The Kier molecular flexibility index (Phi) is 5.52. The van der Waals surface area contributed by atoms with Crippen LogP contribution in [0.2, 0.25) is 0 Å². The number of benzene rings is 1. The molecule has 0 amide bonds. The molecular weight excluding hydrogens is 384 g/mol. The van der Waals surface area contributed by atoms with Gasteiger partial charge in [-0.2, -0.15) is 0 Å². The van der Waals surface area contributed by atoms with Crippen molar-refractivity contribution in [1.82, 2.24) is 20.2 Å². The molecule has 1 fully saturated rings. The van der Waals surface area contributed by atoms with E-state index in [1.807, 2.05) is 18.2 Å². The molecule has 2 aromatic heterocycles. The predicted octanol–water partition coefficient (Wildman–Crippen LogP) is 4.16. The minimum absolute atomic E-state index is 0.785. The Bertz CT molecular complexity index is 1110. The maximum absolute atomic E-state index is 4.72. The highest BCUT2D eigenvalue weighted by molar-refractivity contribution is 5.79. The van der Waals surface area contributed by atoms with E-state index in [0.29, 0.717) is 0 Å². The minimum Gasteiger partial charge on any atom is -0.351 e. The molecule has 0 bridgehead atoms. The van der Waals surface area contributed by atoms with Crippen molar-refractivity contribution in [2.24, 2.45) is 0 Å². The zero-order chi connectivity index (χ0) is 20.9. The highest BCUT2D eigenvalue weighted by Gasteiger charge is 2.23. The van der Waals surface area contributed by atoms with Crippen molar-refractivity contribution in [1.29, 1.82) is 0 Å². The van der Waals surface area contributed by atoms with Gasteiger partial charge in [0.05, 0.1) is 5.69 Å². The van der Waals surface area contributed by atoms with E-state index in [9.17, 15) is 0 Å². The van der Waals surface area contributed by atoms with Crippen LogP contribution in [0.3, 0.4) is 0 Å². The summed E-state index contributed by atoms with van der Waals surface area (Å²) in [5.74, 6) is 1.72. The lowest BCUT2D eigenvalue weighted by molar-refractivity contribution is 0.631. The van der Waals surface area contributed by atoms with Crippen molar-refractivity contribution < 1.29 is 0 Å². The maximum Gasteiger partial charge on any atom is 0.225 e. The summed E-state index contributed by atoms with van der Waals surface area (Å²) in [7, 11) is 0. The lowest BCUT2D eigenvalue weighted by atomic mass is 10.0. The lowest BCUT2D eigenvalue weighted by Crippen LogP contribution is -2.47. The Morgan fingerprint density at radius 3 is 2.32 bits per heavy atom. The van der Waals surface area contributed by atoms with Crippen molar-refractivity contribution in [2.75, 3.05) is 36.0 Å². The molecule has 2 aliphatic rings. The molecule has 1 aromatic carbocycles. The van der Waals surface area contributed by atoms with E-state index in [1.54, 1.807) is 12.4 Å². The van der Waals surface area contributed by atoms with Gasteiger partial charge in [0, 0.05) is 44.1 Å². The number of anilines is 2. The van der Waals surface area contributed by atoms with Crippen molar-refractivity contribution in [3.05, 3.63) is 90.9 Å². The lowest BCUT2D eigenvalue weighted by Gasteiger charge is -2.36. The standard InChI is InChI=1S/C25H24N6/c1-2-5-12-21(11-4-1)23-19-22(20-9-6-3-7-10-20)24(29-28-23)30-15-17-31(18-16-30)25-26-13-8-14-27-25/h1-11,13-14,19H,12,15-18H2. The molecule has 6 nitrogen and oxygen atoms in total. The van der Waals surface area contributed by atoms with Crippen LogP contribution >= 0.6 is 0 Å². The monoisotopic (exact) mass is 408 g/mol. The zero-order valence-corrected chi connectivity index (χ0v) is 17.3. The molecule has 1 aliphatic carbocycles. The Labute approximate surface area is 182 Å². The molecule has 1 saturated heterocycles. The predicted molar refractivity (Wildman–Crippen MR) is 125 cm³/mol. The van der Waals surface area contributed by atoms with Crippen LogP contribution in [-0.2, 0) is 0 Å². The number of rotatable bonds is 4. The molecule has 154 valence electrons. The topological polar surface area (TPSA) is 58.0 Å². The first-order valence-electron chi connectivity index (χ1n) is 10.6. The van der Waals surface area contributed by atoms with Crippen LogP contribution in [0.4, 0.5) is 11.8 Å². The van der Waals surface area contributed by atoms with Gasteiger partial charge in [0.2, 0.25) is 5.95 Å². The van der Waals surface area contributed by atoms with E-state index in [1.165, 1.54) is 5.57 Å². The van der Waals surface area contributed by atoms with Crippen LogP contribution in [0.1, 0.15) is 12.1 Å². The summed E-state index contributed by atoms with van der Waals surface area (Å²) in [5, 5.41) is 9.34. The minimum atomic E-state index is 0.785. The summed E-state index contributed by atoms with van der Waals surface area (Å²) in [6.07, 6.45) is 14.9. The Hall–Kier alpha value is -3.80. The Morgan fingerprint density at radius 1 is 0.742 bits per heavy atom. The Balaban J connectivity index is 1.45. The third kappa shape index (κ3) is 4.23. The van der Waals surface area contributed by atoms with Crippen LogP contribution < -0.4 is 9.80 Å². The fourth-order valence-electron chi connectivity index (χ4n) is 3.95. The van der Waals surface area contributed by atoms with Gasteiger partial charge >= 0.3 is 0 Å². The summed E-state index contributed by atoms with van der Waals surface area (Å²) >= 11 is 0. The number of aromatic nitrogens is 4. The number of allylic oxidation sites excluding steroid dienone is 6.